The molecule has 0 heterocycles. The number of halogens is 17. The van der Waals surface area contributed by atoms with Crippen molar-refractivity contribution in [1.29, 1.82) is 0 Å². The first kappa shape index (κ1) is 55.9. The molecule has 0 saturated carbocycles. The van der Waals surface area contributed by atoms with E-state index in [1.165, 1.54) is 50.7 Å². The van der Waals surface area contributed by atoms with Gasteiger partial charge < -0.3 is 18.9 Å². The Hall–Kier alpha value is -5.43. The number of carbonyl (C=O) groups is 2. The van der Waals surface area contributed by atoms with Gasteiger partial charge in [0, 0.05) is 11.1 Å². The molecule has 0 unspecified atom stereocenters. The van der Waals surface area contributed by atoms with Gasteiger partial charge in [-0.2, -0.15) is 74.6 Å². The molecule has 0 bridgehead atoms. The van der Waals surface area contributed by atoms with Gasteiger partial charge in [-0.1, -0.05) is 63.7 Å². The van der Waals surface area contributed by atoms with E-state index in [1.807, 2.05) is 24.3 Å². The van der Waals surface area contributed by atoms with Crippen LogP contribution in [0.15, 0.2) is 72.8 Å². The van der Waals surface area contributed by atoms with Gasteiger partial charge in [0.15, 0.2) is 6.10 Å². The Morgan fingerprint density at radius 3 is 1.42 bits per heavy atom. The zero-order valence-electron chi connectivity index (χ0n) is 35.2. The van der Waals surface area contributed by atoms with E-state index >= 15 is 0 Å². The van der Waals surface area contributed by atoms with E-state index in [-0.39, 0.29) is 17.1 Å². The standard InChI is InChI=1S/C44H41F17O6/c1-3-4-5-6-7-8-9-10-26-64-32-19-15-30(16-20-32)12-11-29-13-17-31(18-14-29)36(63)67-34-23-21-33(22-24-34)66-28(2)35(62)65-27-25-37(45,46)38(47,48)39(49,50)40(51,52)41(53,54)42(55,56)43(57,58)44(59,60)61/h13-24,28H,3-10,25-27H2,1-2H3/t28-/m0/s1. The van der Waals surface area contributed by atoms with E-state index in [9.17, 15) is 84.2 Å². The van der Waals surface area contributed by atoms with E-state index in [4.69, 9.17) is 14.2 Å². The van der Waals surface area contributed by atoms with E-state index in [0.717, 1.165) is 49.8 Å². The van der Waals surface area contributed by atoms with Crippen LogP contribution in [0.2, 0.25) is 0 Å². The zero-order chi connectivity index (χ0) is 50.7. The number of alkyl halides is 17. The van der Waals surface area contributed by atoms with Gasteiger partial charge in [0.1, 0.15) is 17.2 Å². The number of unbranched alkanes of at least 4 members (excludes halogenated alkanes) is 7. The maximum absolute atomic E-state index is 14.2. The molecule has 0 aliphatic rings. The van der Waals surface area contributed by atoms with E-state index in [1.54, 1.807) is 12.1 Å². The van der Waals surface area contributed by atoms with Crippen LogP contribution >= 0.6 is 0 Å². The summed E-state index contributed by atoms with van der Waals surface area (Å²) < 4.78 is 250. The molecule has 0 aliphatic carbocycles. The Morgan fingerprint density at radius 1 is 0.507 bits per heavy atom. The molecule has 0 aromatic heterocycles. The highest BCUT2D eigenvalue weighted by Crippen LogP contribution is 2.64. The predicted molar refractivity (Wildman–Crippen MR) is 205 cm³/mol. The molecule has 1 atom stereocenters. The SMILES string of the molecule is CCCCCCCCCCOc1ccc(C#Cc2ccc(C(=O)Oc3ccc(O[C@@H](C)C(=O)OCCC(F)(F)C(F)(F)C(F)(F)C(F)(F)C(F)(F)C(F)(F)C(F)(F)C(F)(F)F)cc3)cc2)cc1. The summed E-state index contributed by atoms with van der Waals surface area (Å²) in [5.74, 6) is -53.6. The fourth-order valence-electron chi connectivity index (χ4n) is 5.65. The van der Waals surface area contributed by atoms with Crippen molar-refractivity contribution in [2.45, 2.75) is 125 Å². The number of benzene rings is 3. The number of carbonyl (C=O) groups excluding carboxylic acids is 2. The highest BCUT2D eigenvalue weighted by Gasteiger charge is 2.95. The van der Waals surface area contributed by atoms with Crippen molar-refractivity contribution >= 4 is 11.9 Å². The van der Waals surface area contributed by atoms with Gasteiger partial charge in [0.25, 0.3) is 0 Å². The molecule has 3 aromatic rings. The third kappa shape index (κ3) is 13.0. The first-order valence-electron chi connectivity index (χ1n) is 20.1. The molecule has 0 saturated heterocycles. The molecular formula is C44H41F17O6. The largest absolute Gasteiger partial charge is 0.494 e. The Kier molecular flexibility index (Phi) is 18.5. The molecule has 23 heteroatoms. The van der Waals surface area contributed by atoms with Crippen LogP contribution in [0.3, 0.4) is 0 Å². The Balaban J connectivity index is 1.50. The minimum atomic E-state index is -8.75. The van der Waals surface area contributed by atoms with Gasteiger partial charge in [-0.25, -0.2) is 9.59 Å². The molecule has 372 valence electrons. The fraction of sp³-hybridized carbons (Fsp3) is 0.500. The summed E-state index contributed by atoms with van der Waals surface area (Å²) in [6.07, 6.45) is -3.18. The van der Waals surface area contributed by atoms with Crippen molar-refractivity contribution in [3.63, 3.8) is 0 Å². The molecule has 3 rings (SSSR count). The van der Waals surface area contributed by atoms with Crippen LogP contribution in [0, 0.1) is 11.8 Å². The van der Waals surface area contributed by atoms with Crippen LogP contribution in [0.1, 0.15) is 93.1 Å². The van der Waals surface area contributed by atoms with Gasteiger partial charge in [0.2, 0.25) is 0 Å². The number of hydrogen-bond acceptors (Lipinski definition) is 6. The van der Waals surface area contributed by atoms with Gasteiger partial charge in [-0.3, -0.25) is 0 Å². The summed E-state index contributed by atoms with van der Waals surface area (Å²) in [6, 6.07) is 17.7. The molecule has 0 radical (unpaired) electrons. The number of hydrogen-bond donors (Lipinski definition) is 0. The van der Waals surface area contributed by atoms with Crippen LogP contribution in [0.5, 0.6) is 17.2 Å². The van der Waals surface area contributed by atoms with Gasteiger partial charge in [0.05, 0.1) is 25.2 Å². The van der Waals surface area contributed by atoms with Crippen LogP contribution < -0.4 is 14.2 Å². The van der Waals surface area contributed by atoms with Crippen LogP contribution in [-0.2, 0) is 9.53 Å². The monoisotopic (exact) mass is 988 g/mol. The second-order valence-corrected chi connectivity index (χ2v) is 14.9. The predicted octanol–water partition coefficient (Wildman–Crippen LogP) is 13.5. The number of esters is 2. The van der Waals surface area contributed by atoms with Crippen molar-refractivity contribution in [3.8, 4) is 29.1 Å². The third-order valence-corrected chi connectivity index (χ3v) is 9.72. The quantitative estimate of drug-likeness (QED) is 0.0293. The smallest absolute Gasteiger partial charge is 0.460 e. The van der Waals surface area contributed by atoms with Gasteiger partial charge >= 0.3 is 59.6 Å². The molecule has 0 N–H and O–H groups in total. The minimum Gasteiger partial charge on any atom is -0.494 e. The highest BCUT2D eigenvalue weighted by atomic mass is 19.4. The molecule has 0 fully saturated rings. The second-order valence-electron chi connectivity index (χ2n) is 14.9. The molecule has 0 spiro atoms. The highest BCUT2D eigenvalue weighted by molar-refractivity contribution is 5.91. The van der Waals surface area contributed by atoms with Crippen molar-refractivity contribution in [1.82, 2.24) is 0 Å². The lowest BCUT2D eigenvalue weighted by Gasteiger charge is -2.42. The Bertz CT molecular complexity index is 2130. The van der Waals surface area contributed by atoms with E-state index in [0.29, 0.717) is 17.7 Å². The first-order chi connectivity index (χ1) is 30.9. The lowest BCUT2D eigenvalue weighted by molar-refractivity contribution is -0.461. The van der Waals surface area contributed by atoms with Crippen molar-refractivity contribution < 1.29 is 103 Å². The summed E-state index contributed by atoms with van der Waals surface area (Å²) in [6.45, 7) is 1.52. The normalized spacial score (nSPS) is 13.6. The number of rotatable bonds is 24. The summed E-state index contributed by atoms with van der Waals surface area (Å²) in [5.41, 5.74) is 1.38. The summed E-state index contributed by atoms with van der Waals surface area (Å²) in [7, 11) is 0. The lowest BCUT2D eigenvalue weighted by Crippen LogP contribution is -2.74. The average molecular weight is 989 g/mol. The summed E-state index contributed by atoms with van der Waals surface area (Å²) in [4.78, 5) is 24.9. The van der Waals surface area contributed by atoms with E-state index in [2.05, 4.69) is 23.5 Å². The zero-order valence-corrected chi connectivity index (χ0v) is 35.2. The molecule has 67 heavy (non-hydrogen) atoms. The first-order valence-corrected chi connectivity index (χ1v) is 20.1. The minimum absolute atomic E-state index is 0.0808. The second kappa shape index (κ2) is 22.1. The van der Waals surface area contributed by atoms with Crippen LogP contribution in [0.4, 0.5) is 74.6 Å². The summed E-state index contributed by atoms with van der Waals surface area (Å²) in [5, 5.41) is 0. The maximum Gasteiger partial charge on any atom is 0.460 e. The van der Waals surface area contributed by atoms with Gasteiger partial charge in [-0.05, 0) is 86.1 Å². The van der Waals surface area contributed by atoms with Crippen molar-refractivity contribution in [3.05, 3.63) is 89.5 Å². The van der Waals surface area contributed by atoms with E-state index < -0.39 is 78.7 Å². The number of ether oxygens (including phenoxy) is 4. The Labute approximate surface area is 372 Å². The third-order valence-electron chi connectivity index (χ3n) is 9.72. The lowest BCUT2D eigenvalue weighted by atomic mass is 9.88. The van der Waals surface area contributed by atoms with Crippen molar-refractivity contribution in [2.75, 3.05) is 13.2 Å². The molecule has 3 aromatic carbocycles. The topological polar surface area (TPSA) is 71.1 Å². The molecule has 0 aliphatic heterocycles. The van der Waals surface area contributed by atoms with Crippen LogP contribution in [-0.4, -0.2) is 78.9 Å². The average Bonchev–Trinajstić information content (AvgIpc) is 3.25. The molecule has 6 nitrogen and oxygen atoms in total. The van der Waals surface area contributed by atoms with Crippen LogP contribution in [0.25, 0.3) is 0 Å². The van der Waals surface area contributed by atoms with Gasteiger partial charge in [-0.15, -0.1) is 0 Å². The maximum atomic E-state index is 14.2. The molecule has 0 amide bonds. The fourth-order valence-corrected chi connectivity index (χ4v) is 5.65. The Morgan fingerprint density at radius 2 is 0.925 bits per heavy atom. The summed E-state index contributed by atoms with van der Waals surface area (Å²) >= 11 is 0. The van der Waals surface area contributed by atoms with Crippen molar-refractivity contribution in [2.24, 2.45) is 0 Å². The molecular weight excluding hydrogens is 947 g/mol.